The summed E-state index contributed by atoms with van der Waals surface area (Å²) in [5.74, 6) is 0. The Morgan fingerprint density at radius 2 is 0.195 bits per heavy atom. The zero-order valence-corrected chi connectivity index (χ0v) is 34.5. The summed E-state index contributed by atoms with van der Waals surface area (Å²) in [5.41, 5.74) is 1.10. The van der Waals surface area contributed by atoms with Gasteiger partial charge in [-0.25, -0.2) is 0 Å². The quantitative estimate of drug-likeness (QED) is 0.242. The second kappa shape index (κ2) is 10.0. The standard InChI is InChI=1S/C41H84/c1-29(2,3)31(7,8)33(11,12)35(15,16)37(19,20)39(23,24)41(27,28)40(25,26)38(21,22)36(17,18)34(13,14)32(9,10)30(4,5)6/h1-28H3. The summed E-state index contributed by atoms with van der Waals surface area (Å²) in [7, 11) is 0. The summed E-state index contributed by atoms with van der Waals surface area (Å²) >= 11 is 0. The van der Waals surface area contributed by atoms with E-state index in [1.807, 2.05) is 0 Å². The van der Waals surface area contributed by atoms with E-state index in [0.29, 0.717) is 0 Å². The molecule has 0 aromatic heterocycles. The highest BCUT2D eigenvalue weighted by molar-refractivity contribution is 5.17. The molecular formula is C41H84. The Labute approximate surface area is 263 Å². The molecule has 0 saturated heterocycles. The van der Waals surface area contributed by atoms with Crippen molar-refractivity contribution in [2.45, 2.75) is 194 Å². The first-order valence-electron chi connectivity index (χ1n) is 17.0. The highest BCUT2D eigenvalue weighted by atomic mass is 14.7. The summed E-state index contributed by atoms with van der Waals surface area (Å²) in [5, 5.41) is 0. The van der Waals surface area contributed by atoms with Crippen molar-refractivity contribution < 1.29 is 0 Å². The van der Waals surface area contributed by atoms with Crippen LogP contribution in [0.4, 0.5) is 0 Å². The Morgan fingerprint density at radius 3 is 0.268 bits per heavy atom. The first kappa shape index (κ1) is 41.0. The van der Waals surface area contributed by atoms with Crippen molar-refractivity contribution in [2.75, 3.05) is 0 Å². The van der Waals surface area contributed by atoms with Gasteiger partial charge < -0.3 is 0 Å². The number of hydrogen-bond acceptors (Lipinski definition) is 0. The second-order valence-corrected chi connectivity index (χ2v) is 22.4. The zero-order valence-electron chi connectivity index (χ0n) is 34.5. The molecule has 248 valence electrons. The van der Waals surface area contributed by atoms with E-state index in [9.17, 15) is 0 Å². The molecule has 0 unspecified atom stereocenters. The molecule has 0 aromatic carbocycles. The van der Waals surface area contributed by atoms with Gasteiger partial charge in [0.1, 0.15) is 0 Å². The van der Waals surface area contributed by atoms with E-state index in [0.717, 1.165) is 0 Å². The fourth-order valence-corrected chi connectivity index (χ4v) is 8.91. The van der Waals surface area contributed by atoms with Crippen LogP contribution in [0.2, 0.25) is 0 Å². The molecule has 0 aliphatic heterocycles. The monoisotopic (exact) mass is 577 g/mol. The molecule has 0 N–H and O–H groups in total. The van der Waals surface area contributed by atoms with Crippen LogP contribution in [0.1, 0.15) is 194 Å². The molecule has 0 rings (SSSR count). The van der Waals surface area contributed by atoms with E-state index >= 15 is 0 Å². The highest BCUT2D eigenvalue weighted by Crippen LogP contribution is 2.76. The average Bonchev–Trinajstić information content (AvgIpc) is 2.70. The third-order valence-electron chi connectivity index (χ3n) is 19.4. The number of hydrogen-bond donors (Lipinski definition) is 0. The third-order valence-corrected chi connectivity index (χ3v) is 19.4. The van der Waals surface area contributed by atoms with Crippen molar-refractivity contribution in [3.05, 3.63) is 0 Å². The molecule has 0 heterocycles. The maximum Gasteiger partial charge on any atom is -0.0241 e. The van der Waals surface area contributed by atoms with Crippen molar-refractivity contribution >= 4 is 0 Å². The Kier molecular flexibility index (Phi) is 10.0. The minimum atomic E-state index is 0.0193. The summed E-state index contributed by atoms with van der Waals surface area (Å²) in [4.78, 5) is 0. The molecule has 0 aliphatic rings. The molecular weight excluding hydrogens is 492 g/mol. The van der Waals surface area contributed by atoms with Gasteiger partial charge in [-0.2, -0.15) is 0 Å². The maximum absolute atomic E-state index is 2.60. The Bertz CT molecular complexity index is 842. The van der Waals surface area contributed by atoms with E-state index in [1.165, 1.54) is 0 Å². The molecule has 0 atom stereocenters. The predicted molar refractivity (Wildman–Crippen MR) is 191 cm³/mol. The van der Waals surface area contributed by atoms with Crippen LogP contribution in [0.3, 0.4) is 0 Å². The molecule has 0 amide bonds. The molecule has 0 nitrogen and oxygen atoms in total. The molecule has 0 fully saturated rings. The van der Waals surface area contributed by atoms with Gasteiger partial charge in [0.15, 0.2) is 0 Å². The zero-order chi connectivity index (χ0) is 34.5. The van der Waals surface area contributed by atoms with E-state index < -0.39 is 0 Å². The lowest BCUT2D eigenvalue weighted by molar-refractivity contribution is -0.249. The molecule has 0 spiro atoms. The normalized spacial score (nSPS) is 17.3. The summed E-state index contributed by atoms with van der Waals surface area (Å²) in [6.07, 6.45) is 0. The van der Waals surface area contributed by atoms with Crippen molar-refractivity contribution in [1.82, 2.24) is 0 Å². The fraction of sp³-hybridized carbons (Fsp3) is 1.00. The lowest BCUT2D eigenvalue weighted by atomic mass is 9.31. The molecule has 0 heteroatoms. The van der Waals surface area contributed by atoms with Crippen LogP contribution >= 0.6 is 0 Å². The summed E-state index contributed by atoms with van der Waals surface area (Å²) in [6, 6.07) is 0. The molecule has 0 radical (unpaired) electrons. The minimum absolute atomic E-state index is 0.0193. The van der Waals surface area contributed by atoms with Crippen molar-refractivity contribution in [3.8, 4) is 0 Å². The van der Waals surface area contributed by atoms with Crippen LogP contribution < -0.4 is 0 Å². The van der Waals surface area contributed by atoms with Crippen LogP contribution in [0, 0.1) is 70.4 Å². The van der Waals surface area contributed by atoms with Gasteiger partial charge in [-0.1, -0.05) is 194 Å². The van der Waals surface area contributed by atoms with Crippen molar-refractivity contribution in [3.63, 3.8) is 0 Å². The van der Waals surface area contributed by atoms with E-state index in [1.54, 1.807) is 0 Å². The highest BCUT2D eigenvalue weighted by Gasteiger charge is 2.69. The van der Waals surface area contributed by atoms with Crippen LogP contribution in [-0.4, -0.2) is 0 Å². The van der Waals surface area contributed by atoms with Gasteiger partial charge in [0, 0.05) is 0 Å². The van der Waals surface area contributed by atoms with E-state index in [-0.39, 0.29) is 70.4 Å². The van der Waals surface area contributed by atoms with E-state index in [2.05, 4.69) is 194 Å². The molecule has 0 saturated carbocycles. The van der Waals surface area contributed by atoms with Crippen LogP contribution in [0.5, 0.6) is 0 Å². The number of rotatable bonds is 10. The fourth-order valence-electron chi connectivity index (χ4n) is 8.91. The smallest absolute Gasteiger partial charge is 0.0241 e. The average molecular weight is 577 g/mol. The van der Waals surface area contributed by atoms with Gasteiger partial charge in [-0.15, -0.1) is 0 Å². The van der Waals surface area contributed by atoms with Crippen LogP contribution in [-0.2, 0) is 0 Å². The lowest BCUT2D eigenvalue weighted by Crippen LogP contribution is -2.67. The summed E-state index contributed by atoms with van der Waals surface area (Å²) < 4.78 is 0. The Hall–Kier alpha value is 0. The first-order chi connectivity index (χ1) is 17.0. The Morgan fingerprint density at radius 1 is 0.122 bits per heavy atom. The second-order valence-electron chi connectivity index (χ2n) is 22.4. The molecule has 0 aromatic rings. The third kappa shape index (κ3) is 4.95. The van der Waals surface area contributed by atoms with Gasteiger partial charge in [0.05, 0.1) is 0 Å². The first-order valence-corrected chi connectivity index (χ1v) is 17.0. The van der Waals surface area contributed by atoms with Crippen LogP contribution in [0.15, 0.2) is 0 Å². The van der Waals surface area contributed by atoms with Crippen LogP contribution in [0.25, 0.3) is 0 Å². The molecule has 0 aliphatic carbocycles. The largest absolute Gasteiger partial charge is 0.0596 e. The Balaban J connectivity index is 7.41. The van der Waals surface area contributed by atoms with Gasteiger partial charge in [-0.3, -0.25) is 0 Å². The summed E-state index contributed by atoms with van der Waals surface area (Å²) in [6.45, 7) is 71.2. The lowest BCUT2D eigenvalue weighted by Gasteiger charge is -2.73. The molecule has 41 heavy (non-hydrogen) atoms. The molecule has 0 bridgehead atoms. The van der Waals surface area contributed by atoms with Gasteiger partial charge in [0.25, 0.3) is 0 Å². The van der Waals surface area contributed by atoms with E-state index in [4.69, 9.17) is 0 Å². The van der Waals surface area contributed by atoms with Crippen molar-refractivity contribution in [2.24, 2.45) is 70.4 Å². The SMILES string of the molecule is CC(C)(C)C(C)(C)C(C)(C)C(C)(C)C(C)(C)C(C)(C)C(C)(C)C(C)(C)C(C)(C)C(C)(C)C(C)(C)C(C)(C)C(C)(C)C. The predicted octanol–water partition coefficient (Wildman–Crippen LogP) is 14.4. The van der Waals surface area contributed by atoms with Gasteiger partial charge in [0.2, 0.25) is 0 Å². The minimum Gasteiger partial charge on any atom is -0.0596 e. The topological polar surface area (TPSA) is 0 Å². The maximum atomic E-state index is 2.60. The van der Waals surface area contributed by atoms with Crippen molar-refractivity contribution in [1.29, 1.82) is 0 Å². The van der Waals surface area contributed by atoms with Gasteiger partial charge >= 0.3 is 0 Å². The van der Waals surface area contributed by atoms with Gasteiger partial charge in [-0.05, 0) is 70.4 Å².